The standard InChI is InChI=1S/C16H24N2OS/c1-3-9-18-10-6-14(7-11-18)17-16(19)5-4-15-13(2)8-12-20-15/h4-5,8,12,14H,3,6-7,9-11H2,1-2H3,(H,17,19)/b5-4+. The molecule has 1 fully saturated rings. The molecule has 2 heterocycles. The lowest BCUT2D eigenvalue weighted by atomic mass is 10.0. The molecule has 20 heavy (non-hydrogen) atoms. The smallest absolute Gasteiger partial charge is 0.244 e. The number of carbonyl (C=O) groups excluding carboxylic acids is 1. The van der Waals surface area contributed by atoms with Gasteiger partial charge in [0.15, 0.2) is 0 Å². The van der Waals surface area contributed by atoms with E-state index in [9.17, 15) is 4.79 Å². The Hall–Kier alpha value is -1.13. The van der Waals surface area contributed by atoms with Gasteiger partial charge in [0.1, 0.15) is 0 Å². The topological polar surface area (TPSA) is 32.3 Å². The summed E-state index contributed by atoms with van der Waals surface area (Å²) in [5, 5.41) is 5.17. The predicted octanol–water partition coefficient (Wildman–Crippen LogP) is 3.06. The zero-order valence-electron chi connectivity index (χ0n) is 12.4. The Balaban J connectivity index is 1.75. The molecular formula is C16H24N2OS. The summed E-state index contributed by atoms with van der Waals surface area (Å²) in [4.78, 5) is 15.6. The van der Waals surface area contributed by atoms with Gasteiger partial charge in [-0.2, -0.15) is 0 Å². The van der Waals surface area contributed by atoms with E-state index in [1.165, 1.54) is 18.5 Å². The molecule has 1 N–H and O–H groups in total. The molecule has 3 nitrogen and oxygen atoms in total. The molecule has 1 saturated heterocycles. The summed E-state index contributed by atoms with van der Waals surface area (Å²) >= 11 is 1.67. The zero-order chi connectivity index (χ0) is 14.4. The van der Waals surface area contributed by atoms with Crippen LogP contribution in [0.5, 0.6) is 0 Å². The summed E-state index contributed by atoms with van der Waals surface area (Å²) in [5.41, 5.74) is 1.23. The second kappa shape index (κ2) is 7.60. The third kappa shape index (κ3) is 4.46. The molecule has 0 aliphatic carbocycles. The number of amides is 1. The fraction of sp³-hybridized carbons (Fsp3) is 0.562. The van der Waals surface area contributed by atoms with Crippen LogP contribution in [0.4, 0.5) is 0 Å². The van der Waals surface area contributed by atoms with Gasteiger partial charge < -0.3 is 10.2 Å². The average Bonchev–Trinajstić information content (AvgIpc) is 2.84. The van der Waals surface area contributed by atoms with E-state index in [1.54, 1.807) is 17.4 Å². The minimum absolute atomic E-state index is 0.0340. The number of nitrogens with one attached hydrogen (secondary N) is 1. The number of piperidine rings is 1. The van der Waals surface area contributed by atoms with Gasteiger partial charge in [0.2, 0.25) is 5.91 Å². The van der Waals surface area contributed by atoms with Crippen LogP contribution >= 0.6 is 11.3 Å². The molecule has 2 rings (SSSR count). The van der Waals surface area contributed by atoms with Crippen LogP contribution < -0.4 is 5.32 Å². The first-order valence-corrected chi connectivity index (χ1v) is 8.32. The Labute approximate surface area is 125 Å². The Morgan fingerprint density at radius 2 is 2.25 bits per heavy atom. The Morgan fingerprint density at radius 3 is 2.85 bits per heavy atom. The molecule has 0 bridgehead atoms. The number of hydrogen-bond donors (Lipinski definition) is 1. The highest BCUT2D eigenvalue weighted by molar-refractivity contribution is 7.11. The van der Waals surface area contributed by atoms with Crippen molar-refractivity contribution in [2.24, 2.45) is 0 Å². The molecule has 0 atom stereocenters. The van der Waals surface area contributed by atoms with Crippen LogP contribution in [0.15, 0.2) is 17.5 Å². The van der Waals surface area contributed by atoms with Gasteiger partial charge in [-0.05, 0) is 55.8 Å². The molecule has 4 heteroatoms. The number of carbonyl (C=O) groups is 1. The minimum Gasteiger partial charge on any atom is -0.350 e. The van der Waals surface area contributed by atoms with Crippen molar-refractivity contribution in [1.82, 2.24) is 10.2 Å². The molecule has 1 aromatic rings. The lowest BCUT2D eigenvalue weighted by Gasteiger charge is -2.31. The van der Waals surface area contributed by atoms with Crippen molar-refractivity contribution in [1.29, 1.82) is 0 Å². The van der Waals surface area contributed by atoms with E-state index in [4.69, 9.17) is 0 Å². The fourth-order valence-electron chi connectivity index (χ4n) is 2.57. The van der Waals surface area contributed by atoms with Crippen LogP contribution in [0.25, 0.3) is 6.08 Å². The minimum atomic E-state index is 0.0340. The van der Waals surface area contributed by atoms with Crippen molar-refractivity contribution in [3.8, 4) is 0 Å². The van der Waals surface area contributed by atoms with E-state index in [-0.39, 0.29) is 5.91 Å². The molecule has 1 aromatic heterocycles. The van der Waals surface area contributed by atoms with Gasteiger partial charge in [-0.25, -0.2) is 0 Å². The molecule has 1 amide bonds. The molecule has 110 valence electrons. The predicted molar refractivity (Wildman–Crippen MR) is 86.0 cm³/mol. The second-order valence-electron chi connectivity index (χ2n) is 5.43. The van der Waals surface area contributed by atoms with Crippen LogP contribution in [0.2, 0.25) is 0 Å². The van der Waals surface area contributed by atoms with E-state index in [0.29, 0.717) is 6.04 Å². The second-order valence-corrected chi connectivity index (χ2v) is 6.37. The molecule has 0 aromatic carbocycles. The van der Waals surface area contributed by atoms with E-state index >= 15 is 0 Å². The van der Waals surface area contributed by atoms with Crippen molar-refractivity contribution in [2.75, 3.05) is 19.6 Å². The highest BCUT2D eigenvalue weighted by atomic mass is 32.1. The van der Waals surface area contributed by atoms with Gasteiger partial charge in [0.25, 0.3) is 0 Å². The number of rotatable bonds is 5. The van der Waals surface area contributed by atoms with E-state index in [2.05, 4.69) is 35.5 Å². The number of aryl methyl sites for hydroxylation is 1. The van der Waals surface area contributed by atoms with Crippen molar-refractivity contribution in [2.45, 2.75) is 39.2 Å². The molecular weight excluding hydrogens is 268 g/mol. The molecule has 0 saturated carbocycles. The van der Waals surface area contributed by atoms with Gasteiger partial charge in [0.05, 0.1) is 0 Å². The van der Waals surface area contributed by atoms with E-state index in [1.807, 2.05) is 6.08 Å². The molecule has 1 aliphatic heterocycles. The quantitative estimate of drug-likeness (QED) is 0.846. The van der Waals surface area contributed by atoms with Crippen LogP contribution in [-0.2, 0) is 4.79 Å². The normalized spacial score (nSPS) is 17.7. The van der Waals surface area contributed by atoms with Crippen molar-refractivity contribution in [3.05, 3.63) is 28.0 Å². The first-order valence-electron chi connectivity index (χ1n) is 7.44. The van der Waals surface area contributed by atoms with Crippen molar-refractivity contribution < 1.29 is 4.79 Å². The van der Waals surface area contributed by atoms with E-state index in [0.717, 1.165) is 30.8 Å². The number of nitrogens with zero attached hydrogens (tertiary/aromatic N) is 1. The maximum atomic E-state index is 11.9. The van der Waals surface area contributed by atoms with Crippen molar-refractivity contribution in [3.63, 3.8) is 0 Å². The Morgan fingerprint density at radius 1 is 1.50 bits per heavy atom. The van der Waals surface area contributed by atoms with Gasteiger partial charge in [-0.15, -0.1) is 11.3 Å². The number of thiophene rings is 1. The third-order valence-electron chi connectivity index (χ3n) is 3.76. The van der Waals surface area contributed by atoms with Crippen LogP contribution in [-0.4, -0.2) is 36.5 Å². The summed E-state index contributed by atoms with van der Waals surface area (Å²) in [6.45, 7) is 7.67. The highest BCUT2D eigenvalue weighted by Crippen LogP contribution is 2.17. The maximum Gasteiger partial charge on any atom is 0.244 e. The zero-order valence-corrected chi connectivity index (χ0v) is 13.2. The third-order valence-corrected chi connectivity index (χ3v) is 4.75. The van der Waals surface area contributed by atoms with Crippen LogP contribution in [0.3, 0.4) is 0 Å². The number of likely N-dealkylation sites (tertiary alicyclic amines) is 1. The lowest BCUT2D eigenvalue weighted by Crippen LogP contribution is -2.44. The van der Waals surface area contributed by atoms with Gasteiger partial charge in [-0.1, -0.05) is 6.92 Å². The van der Waals surface area contributed by atoms with Gasteiger partial charge in [0, 0.05) is 30.1 Å². The lowest BCUT2D eigenvalue weighted by molar-refractivity contribution is -0.117. The Bertz CT molecular complexity index is 459. The summed E-state index contributed by atoms with van der Waals surface area (Å²) in [7, 11) is 0. The molecule has 0 spiro atoms. The van der Waals surface area contributed by atoms with Crippen molar-refractivity contribution >= 4 is 23.3 Å². The van der Waals surface area contributed by atoms with Gasteiger partial charge >= 0.3 is 0 Å². The first kappa shape index (κ1) is 15.3. The number of hydrogen-bond acceptors (Lipinski definition) is 3. The Kier molecular flexibility index (Phi) is 5.80. The summed E-state index contributed by atoms with van der Waals surface area (Å²) in [6.07, 6.45) is 6.92. The van der Waals surface area contributed by atoms with Crippen LogP contribution in [0.1, 0.15) is 36.6 Å². The fourth-order valence-corrected chi connectivity index (χ4v) is 3.39. The largest absolute Gasteiger partial charge is 0.350 e. The molecule has 0 unspecified atom stereocenters. The average molecular weight is 292 g/mol. The summed E-state index contributed by atoms with van der Waals surface area (Å²) in [5.74, 6) is 0.0340. The monoisotopic (exact) mass is 292 g/mol. The first-order chi connectivity index (χ1) is 9.69. The summed E-state index contributed by atoms with van der Waals surface area (Å²) < 4.78 is 0. The molecule has 0 radical (unpaired) electrons. The van der Waals surface area contributed by atoms with Crippen LogP contribution in [0, 0.1) is 6.92 Å². The maximum absolute atomic E-state index is 11.9. The van der Waals surface area contributed by atoms with E-state index < -0.39 is 0 Å². The summed E-state index contributed by atoms with van der Waals surface area (Å²) in [6, 6.07) is 2.41. The SMILES string of the molecule is CCCN1CCC(NC(=O)/C=C/c2sccc2C)CC1. The highest BCUT2D eigenvalue weighted by Gasteiger charge is 2.19. The molecule has 1 aliphatic rings. The van der Waals surface area contributed by atoms with Gasteiger partial charge in [-0.3, -0.25) is 4.79 Å².